The van der Waals surface area contributed by atoms with Crippen molar-refractivity contribution in [2.45, 2.75) is 6.54 Å². The molecule has 0 bridgehead atoms. The fourth-order valence-electron chi connectivity index (χ4n) is 1.53. The number of nitrogens with two attached hydrogens (primary N) is 1. The van der Waals surface area contributed by atoms with Crippen LogP contribution in [0.5, 0.6) is 0 Å². The third kappa shape index (κ3) is 2.58. The topological polar surface area (TPSA) is 80.9 Å². The van der Waals surface area contributed by atoms with E-state index in [-0.39, 0.29) is 22.3 Å². The lowest BCUT2D eigenvalue weighted by Crippen LogP contribution is -2.31. The number of halogens is 3. The van der Waals surface area contributed by atoms with E-state index >= 15 is 0 Å². The molecule has 0 unspecified atom stereocenters. The number of aromatic nitrogens is 2. The standard InChI is InChI=1S/C11H8BrF2N3O2/c12-6-1-2-7(13)5(9(6)14)3-17-4-8(15)10(18)16-11(17)19/h1-2,4H,3,15H2,(H,16,18,19). The third-order valence-electron chi connectivity index (χ3n) is 2.51. The van der Waals surface area contributed by atoms with Crippen molar-refractivity contribution in [1.82, 2.24) is 9.55 Å². The largest absolute Gasteiger partial charge is 0.393 e. The normalized spacial score (nSPS) is 10.7. The molecule has 1 heterocycles. The van der Waals surface area contributed by atoms with Crippen molar-refractivity contribution in [2.75, 3.05) is 5.73 Å². The fraction of sp³-hybridized carbons (Fsp3) is 0.0909. The van der Waals surface area contributed by atoms with E-state index in [1.165, 1.54) is 6.07 Å². The number of hydrogen-bond donors (Lipinski definition) is 2. The van der Waals surface area contributed by atoms with Gasteiger partial charge in [-0.2, -0.15) is 0 Å². The van der Waals surface area contributed by atoms with Crippen LogP contribution in [0.25, 0.3) is 0 Å². The summed E-state index contributed by atoms with van der Waals surface area (Å²) in [5.41, 5.74) is 3.30. The van der Waals surface area contributed by atoms with Gasteiger partial charge in [-0.15, -0.1) is 0 Å². The maximum atomic E-state index is 13.8. The maximum absolute atomic E-state index is 13.8. The highest BCUT2D eigenvalue weighted by molar-refractivity contribution is 9.10. The second-order valence-corrected chi connectivity index (χ2v) is 4.65. The van der Waals surface area contributed by atoms with Gasteiger partial charge in [0.2, 0.25) is 0 Å². The summed E-state index contributed by atoms with van der Waals surface area (Å²) in [7, 11) is 0. The molecular weight excluding hydrogens is 324 g/mol. The predicted molar refractivity (Wildman–Crippen MR) is 68.9 cm³/mol. The van der Waals surface area contributed by atoms with Gasteiger partial charge in [0.1, 0.15) is 17.3 Å². The van der Waals surface area contributed by atoms with Gasteiger partial charge in [0.25, 0.3) is 5.56 Å². The van der Waals surface area contributed by atoms with E-state index in [0.717, 1.165) is 16.8 Å². The Bertz CT molecular complexity index is 755. The summed E-state index contributed by atoms with van der Waals surface area (Å²) in [6.07, 6.45) is 1.04. The van der Waals surface area contributed by atoms with Crippen molar-refractivity contribution in [2.24, 2.45) is 0 Å². The summed E-state index contributed by atoms with van der Waals surface area (Å²) in [4.78, 5) is 24.5. The molecule has 0 aliphatic heterocycles. The van der Waals surface area contributed by atoms with E-state index in [9.17, 15) is 18.4 Å². The van der Waals surface area contributed by atoms with Crippen molar-refractivity contribution in [3.8, 4) is 0 Å². The van der Waals surface area contributed by atoms with Crippen molar-refractivity contribution in [3.63, 3.8) is 0 Å². The highest BCUT2D eigenvalue weighted by Crippen LogP contribution is 2.22. The first-order valence-corrected chi connectivity index (χ1v) is 5.91. The van der Waals surface area contributed by atoms with E-state index in [0.29, 0.717) is 0 Å². The lowest BCUT2D eigenvalue weighted by molar-refractivity contribution is 0.535. The Morgan fingerprint density at radius 1 is 1.32 bits per heavy atom. The maximum Gasteiger partial charge on any atom is 0.328 e. The van der Waals surface area contributed by atoms with E-state index in [1.807, 2.05) is 4.98 Å². The monoisotopic (exact) mass is 331 g/mol. The second-order valence-electron chi connectivity index (χ2n) is 3.79. The minimum atomic E-state index is -0.809. The molecule has 1 aromatic heterocycles. The second kappa shape index (κ2) is 4.96. The minimum absolute atomic E-state index is 0.0781. The van der Waals surface area contributed by atoms with Crippen LogP contribution in [0, 0.1) is 11.6 Å². The number of nitrogen functional groups attached to an aromatic ring is 1. The molecule has 0 saturated heterocycles. The summed E-state index contributed by atoms with van der Waals surface area (Å²) >= 11 is 2.93. The molecule has 0 aliphatic rings. The highest BCUT2D eigenvalue weighted by Gasteiger charge is 2.14. The lowest BCUT2D eigenvalue weighted by Gasteiger charge is -2.09. The molecule has 0 radical (unpaired) electrons. The molecule has 19 heavy (non-hydrogen) atoms. The number of benzene rings is 1. The number of aromatic amines is 1. The van der Waals surface area contributed by atoms with Gasteiger partial charge >= 0.3 is 5.69 Å². The first-order valence-electron chi connectivity index (χ1n) is 5.11. The zero-order valence-electron chi connectivity index (χ0n) is 9.41. The van der Waals surface area contributed by atoms with Gasteiger partial charge < -0.3 is 5.73 Å². The van der Waals surface area contributed by atoms with Crippen molar-refractivity contribution in [3.05, 3.63) is 60.8 Å². The summed E-state index contributed by atoms with van der Waals surface area (Å²) in [6.45, 7) is -0.378. The lowest BCUT2D eigenvalue weighted by atomic mass is 10.2. The Kier molecular flexibility index (Phi) is 3.52. The summed E-state index contributed by atoms with van der Waals surface area (Å²) in [5.74, 6) is -1.60. The molecule has 3 N–H and O–H groups in total. The van der Waals surface area contributed by atoms with E-state index in [2.05, 4.69) is 15.9 Å². The molecule has 5 nitrogen and oxygen atoms in total. The van der Waals surface area contributed by atoms with E-state index in [4.69, 9.17) is 5.73 Å². The van der Waals surface area contributed by atoms with Crippen molar-refractivity contribution < 1.29 is 8.78 Å². The zero-order valence-corrected chi connectivity index (χ0v) is 11.0. The van der Waals surface area contributed by atoms with E-state index < -0.39 is 22.9 Å². The Hall–Kier alpha value is -1.96. The SMILES string of the molecule is Nc1cn(Cc2c(F)ccc(Br)c2F)c(=O)[nH]c1=O. The van der Waals surface area contributed by atoms with Gasteiger partial charge in [0.05, 0.1) is 11.0 Å². The average molecular weight is 332 g/mol. The van der Waals surface area contributed by atoms with Crippen LogP contribution in [0.2, 0.25) is 0 Å². The predicted octanol–water partition coefficient (Wildman–Crippen LogP) is 1.21. The molecular formula is C11H8BrF2N3O2. The molecule has 0 spiro atoms. The zero-order chi connectivity index (χ0) is 14.2. The highest BCUT2D eigenvalue weighted by atomic mass is 79.9. The Morgan fingerprint density at radius 2 is 2.00 bits per heavy atom. The van der Waals surface area contributed by atoms with Crippen LogP contribution in [0.15, 0.2) is 32.4 Å². The van der Waals surface area contributed by atoms with Gasteiger partial charge in [-0.05, 0) is 28.1 Å². The first-order chi connectivity index (χ1) is 8.90. The van der Waals surface area contributed by atoms with Crippen LogP contribution >= 0.6 is 15.9 Å². The van der Waals surface area contributed by atoms with Gasteiger partial charge in [0.15, 0.2) is 0 Å². The van der Waals surface area contributed by atoms with E-state index in [1.54, 1.807) is 0 Å². The molecule has 0 fully saturated rings. The van der Waals surface area contributed by atoms with Gasteiger partial charge in [-0.3, -0.25) is 14.3 Å². The summed E-state index contributed by atoms with van der Waals surface area (Å²) in [5, 5.41) is 0. The van der Waals surface area contributed by atoms with Crippen molar-refractivity contribution in [1.29, 1.82) is 0 Å². The van der Waals surface area contributed by atoms with Crippen LogP contribution in [0.4, 0.5) is 14.5 Å². The molecule has 0 amide bonds. The Morgan fingerprint density at radius 3 is 2.68 bits per heavy atom. The third-order valence-corrected chi connectivity index (χ3v) is 3.12. The summed E-state index contributed by atoms with van der Waals surface area (Å²) in [6, 6.07) is 2.29. The molecule has 2 rings (SSSR count). The minimum Gasteiger partial charge on any atom is -0.393 e. The Labute approximate surface area is 113 Å². The molecule has 0 saturated carbocycles. The quantitative estimate of drug-likeness (QED) is 0.811. The number of nitrogens with zero attached hydrogens (tertiary/aromatic N) is 1. The molecule has 8 heteroatoms. The molecule has 100 valence electrons. The van der Waals surface area contributed by atoms with Crippen LogP contribution in [-0.2, 0) is 6.54 Å². The molecule has 0 aliphatic carbocycles. The number of H-pyrrole nitrogens is 1. The Balaban J connectivity index is 2.54. The van der Waals surface area contributed by atoms with Gasteiger partial charge in [-0.1, -0.05) is 0 Å². The van der Waals surface area contributed by atoms with Crippen LogP contribution < -0.4 is 17.0 Å². The van der Waals surface area contributed by atoms with Crippen LogP contribution in [0.1, 0.15) is 5.56 Å². The van der Waals surface area contributed by atoms with Crippen LogP contribution in [-0.4, -0.2) is 9.55 Å². The molecule has 0 atom stereocenters. The first kappa shape index (κ1) is 13.5. The summed E-state index contributed by atoms with van der Waals surface area (Å²) < 4.78 is 28.3. The van der Waals surface area contributed by atoms with Gasteiger partial charge in [-0.25, -0.2) is 13.6 Å². The van der Waals surface area contributed by atoms with Crippen LogP contribution in [0.3, 0.4) is 0 Å². The molecule has 1 aromatic carbocycles. The smallest absolute Gasteiger partial charge is 0.328 e. The fourth-order valence-corrected chi connectivity index (χ4v) is 1.90. The number of rotatable bonds is 2. The van der Waals surface area contributed by atoms with Crippen molar-refractivity contribution >= 4 is 21.6 Å². The average Bonchev–Trinajstić information content (AvgIpc) is 2.36. The molecule has 2 aromatic rings. The number of nitrogens with one attached hydrogen (secondary N) is 1. The number of anilines is 1. The number of hydrogen-bond acceptors (Lipinski definition) is 3. The van der Waals surface area contributed by atoms with Gasteiger partial charge in [0, 0.05) is 11.8 Å².